The van der Waals surface area contributed by atoms with Crippen molar-refractivity contribution in [3.63, 3.8) is 0 Å². The van der Waals surface area contributed by atoms with Gasteiger partial charge in [0.05, 0.1) is 6.54 Å². The van der Waals surface area contributed by atoms with Crippen LogP contribution in [0, 0.1) is 5.92 Å². The molecule has 19 heavy (non-hydrogen) atoms. The summed E-state index contributed by atoms with van der Waals surface area (Å²) in [6.07, 6.45) is 2.43. The van der Waals surface area contributed by atoms with Crippen molar-refractivity contribution in [1.82, 2.24) is 15.0 Å². The van der Waals surface area contributed by atoms with Crippen molar-refractivity contribution in [2.45, 2.75) is 58.5 Å². The molecule has 0 spiro atoms. The Bertz CT molecular complexity index is 408. The van der Waals surface area contributed by atoms with Crippen LogP contribution < -0.4 is 5.73 Å². The van der Waals surface area contributed by atoms with Gasteiger partial charge in [-0.1, -0.05) is 25.9 Å². The summed E-state index contributed by atoms with van der Waals surface area (Å²) < 4.78 is 5.36. The quantitative estimate of drug-likeness (QED) is 0.905. The van der Waals surface area contributed by atoms with Crippen molar-refractivity contribution in [2.24, 2.45) is 11.7 Å². The lowest BCUT2D eigenvalue weighted by molar-refractivity contribution is 0.139. The lowest BCUT2D eigenvalue weighted by Gasteiger charge is -2.33. The second kappa shape index (κ2) is 5.59. The van der Waals surface area contributed by atoms with Crippen LogP contribution in [0.1, 0.15) is 52.3 Å². The molecule has 1 aliphatic rings. The van der Waals surface area contributed by atoms with Crippen LogP contribution in [0.15, 0.2) is 4.52 Å². The van der Waals surface area contributed by atoms with Crippen LogP contribution in [0.25, 0.3) is 0 Å². The van der Waals surface area contributed by atoms with E-state index in [2.05, 4.69) is 42.7 Å². The summed E-state index contributed by atoms with van der Waals surface area (Å²) in [5.74, 6) is 2.08. The van der Waals surface area contributed by atoms with Gasteiger partial charge in [0.25, 0.3) is 0 Å². The van der Waals surface area contributed by atoms with Gasteiger partial charge >= 0.3 is 0 Å². The molecule has 0 bridgehead atoms. The summed E-state index contributed by atoms with van der Waals surface area (Å²) in [5, 5.41) is 4.07. The molecule has 5 nitrogen and oxygen atoms in total. The molecule has 0 amide bonds. The Morgan fingerprint density at radius 3 is 2.79 bits per heavy atom. The summed E-state index contributed by atoms with van der Waals surface area (Å²) in [7, 11) is 0. The van der Waals surface area contributed by atoms with Crippen LogP contribution >= 0.6 is 0 Å². The highest BCUT2D eigenvalue weighted by molar-refractivity contribution is 5.00. The highest BCUT2D eigenvalue weighted by Crippen LogP contribution is 2.22. The van der Waals surface area contributed by atoms with Gasteiger partial charge in [0.2, 0.25) is 5.89 Å². The Morgan fingerprint density at radius 1 is 1.47 bits per heavy atom. The highest BCUT2D eigenvalue weighted by atomic mass is 16.5. The summed E-state index contributed by atoms with van der Waals surface area (Å²) in [5.41, 5.74) is 5.95. The topological polar surface area (TPSA) is 68.2 Å². The average Bonchev–Trinajstić information content (AvgIpc) is 2.77. The molecule has 2 N–H and O–H groups in total. The number of nitrogens with two attached hydrogens (primary N) is 1. The standard InChI is InChI=1S/C14H26N4O/c1-10(15)11-6-5-7-18(8-11)9-12-16-13(17-19-12)14(2,3)4/h10-11H,5-9,15H2,1-4H3. The molecular weight excluding hydrogens is 240 g/mol. The summed E-state index contributed by atoms with van der Waals surface area (Å²) in [4.78, 5) is 6.87. The predicted octanol–water partition coefficient (Wildman–Crippen LogP) is 1.93. The molecule has 0 aliphatic carbocycles. The molecule has 108 valence electrons. The third kappa shape index (κ3) is 3.76. The van der Waals surface area contributed by atoms with Gasteiger partial charge in [0.1, 0.15) is 0 Å². The number of aromatic nitrogens is 2. The molecular formula is C14H26N4O. The highest BCUT2D eigenvalue weighted by Gasteiger charge is 2.25. The largest absolute Gasteiger partial charge is 0.338 e. The van der Waals surface area contributed by atoms with Gasteiger partial charge in [-0.3, -0.25) is 4.90 Å². The summed E-state index contributed by atoms with van der Waals surface area (Å²) in [6.45, 7) is 11.2. The molecule has 1 fully saturated rings. The molecule has 5 heteroatoms. The van der Waals surface area contributed by atoms with E-state index in [1.54, 1.807) is 0 Å². The Morgan fingerprint density at radius 2 is 2.21 bits per heavy atom. The number of hydrogen-bond donors (Lipinski definition) is 1. The molecule has 2 unspecified atom stereocenters. The molecule has 1 aliphatic heterocycles. The molecule has 0 saturated carbocycles. The predicted molar refractivity (Wildman–Crippen MR) is 74.6 cm³/mol. The van der Waals surface area contributed by atoms with Gasteiger partial charge < -0.3 is 10.3 Å². The van der Waals surface area contributed by atoms with Crippen LogP contribution in [0.2, 0.25) is 0 Å². The summed E-state index contributed by atoms with van der Waals surface area (Å²) in [6, 6.07) is 0.260. The fourth-order valence-electron chi connectivity index (χ4n) is 2.48. The molecule has 2 atom stereocenters. The third-order valence-electron chi connectivity index (χ3n) is 3.78. The van der Waals surface area contributed by atoms with Gasteiger partial charge in [0, 0.05) is 18.0 Å². The average molecular weight is 266 g/mol. The van der Waals surface area contributed by atoms with E-state index in [0.29, 0.717) is 5.92 Å². The smallest absolute Gasteiger partial charge is 0.240 e. The second-order valence-electron chi connectivity index (χ2n) is 6.76. The maximum absolute atomic E-state index is 6.01. The first kappa shape index (κ1) is 14.5. The van der Waals surface area contributed by atoms with E-state index in [1.165, 1.54) is 12.8 Å². The number of nitrogens with zero attached hydrogens (tertiary/aromatic N) is 3. The zero-order valence-electron chi connectivity index (χ0n) is 12.5. The number of rotatable bonds is 3. The number of hydrogen-bond acceptors (Lipinski definition) is 5. The normalized spacial score (nSPS) is 23.5. The summed E-state index contributed by atoms with van der Waals surface area (Å²) >= 11 is 0. The van der Waals surface area contributed by atoms with Crippen LogP contribution in [-0.4, -0.2) is 34.2 Å². The molecule has 1 saturated heterocycles. The first-order chi connectivity index (χ1) is 8.86. The molecule has 0 aromatic carbocycles. The van der Waals surface area contributed by atoms with E-state index in [-0.39, 0.29) is 11.5 Å². The van der Waals surface area contributed by atoms with Crippen molar-refractivity contribution >= 4 is 0 Å². The van der Waals surface area contributed by atoms with E-state index < -0.39 is 0 Å². The van der Waals surface area contributed by atoms with E-state index in [4.69, 9.17) is 10.3 Å². The first-order valence-corrected chi connectivity index (χ1v) is 7.17. The Hall–Kier alpha value is -0.940. The van der Waals surface area contributed by atoms with E-state index in [1.807, 2.05) is 0 Å². The first-order valence-electron chi connectivity index (χ1n) is 7.17. The maximum Gasteiger partial charge on any atom is 0.240 e. The number of likely N-dealkylation sites (tertiary alicyclic amines) is 1. The van der Waals surface area contributed by atoms with Gasteiger partial charge in [-0.25, -0.2) is 0 Å². The van der Waals surface area contributed by atoms with Crippen molar-refractivity contribution in [2.75, 3.05) is 13.1 Å². The lowest BCUT2D eigenvalue weighted by atomic mass is 9.92. The van der Waals surface area contributed by atoms with Crippen LogP contribution in [0.3, 0.4) is 0 Å². The molecule has 2 rings (SSSR count). The van der Waals surface area contributed by atoms with E-state index in [0.717, 1.165) is 31.3 Å². The monoisotopic (exact) mass is 266 g/mol. The third-order valence-corrected chi connectivity index (χ3v) is 3.78. The minimum absolute atomic E-state index is 0.0576. The molecule has 1 aromatic rings. The fraction of sp³-hybridized carbons (Fsp3) is 0.857. The van der Waals surface area contributed by atoms with Gasteiger partial charge in [0.15, 0.2) is 5.82 Å². The van der Waals surface area contributed by atoms with E-state index in [9.17, 15) is 0 Å². The minimum atomic E-state index is -0.0576. The fourth-order valence-corrected chi connectivity index (χ4v) is 2.48. The second-order valence-corrected chi connectivity index (χ2v) is 6.76. The Kier molecular flexibility index (Phi) is 4.26. The zero-order chi connectivity index (χ0) is 14.0. The van der Waals surface area contributed by atoms with Gasteiger partial charge in [-0.15, -0.1) is 0 Å². The lowest BCUT2D eigenvalue weighted by Crippen LogP contribution is -2.42. The van der Waals surface area contributed by atoms with Crippen LogP contribution in [0.5, 0.6) is 0 Å². The molecule has 2 heterocycles. The van der Waals surface area contributed by atoms with E-state index >= 15 is 0 Å². The minimum Gasteiger partial charge on any atom is -0.338 e. The Labute approximate surface area is 115 Å². The van der Waals surface area contributed by atoms with Crippen LogP contribution in [0.4, 0.5) is 0 Å². The number of piperidine rings is 1. The molecule has 1 aromatic heterocycles. The SMILES string of the molecule is CC(N)C1CCCN(Cc2nc(C(C)(C)C)no2)C1. The maximum atomic E-state index is 6.01. The zero-order valence-corrected chi connectivity index (χ0v) is 12.5. The van der Waals surface area contributed by atoms with Crippen molar-refractivity contribution in [3.05, 3.63) is 11.7 Å². The molecule has 0 radical (unpaired) electrons. The van der Waals surface area contributed by atoms with Crippen molar-refractivity contribution in [3.8, 4) is 0 Å². The van der Waals surface area contributed by atoms with Gasteiger partial charge in [-0.05, 0) is 32.2 Å². The van der Waals surface area contributed by atoms with Gasteiger partial charge in [-0.2, -0.15) is 4.98 Å². The van der Waals surface area contributed by atoms with Crippen molar-refractivity contribution in [1.29, 1.82) is 0 Å². The van der Waals surface area contributed by atoms with Crippen LogP contribution in [-0.2, 0) is 12.0 Å². The Balaban J connectivity index is 1.95. The van der Waals surface area contributed by atoms with Crippen molar-refractivity contribution < 1.29 is 4.52 Å².